The number of para-hydroxylation sites is 4. The number of anilines is 3. The molecule has 0 amide bonds. The van der Waals surface area contributed by atoms with Crippen LogP contribution >= 0.6 is 11.3 Å². The maximum Gasteiger partial charge on any atom is 0.0782 e. The van der Waals surface area contributed by atoms with E-state index < -0.39 is 0 Å². The summed E-state index contributed by atoms with van der Waals surface area (Å²) in [5.74, 6) is 0. The maximum atomic E-state index is 2.48. The first-order valence-electron chi connectivity index (χ1n) is 16.7. The lowest BCUT2D eigenvalue weighted by Crippen LogP contribution is -2.12. The highest BCUT2D eigenvalue weighted by Gasteiger charge is 2.24. The van der Waals surface area contributed by atoms with Crippen LogP contribution in [-0.4, -0.2) is 4.57 Å². The third-order valence-electron chi connectivity index (χ3n) is 9.76. The van der Waals surface area contributed by atoms with Crippen LogP contribution in [0.2, 0.25) is 0 Å². The largest absolute Gasteiger partial charge is 0.308 e. The molecule has 10 rings (SSSR count). The average molecular weight is 643 g/mol. The normalized spacial score (nSPS) is 11.7. The van der Waals surface area contributed by atoms with Gasteiger partial charge in [0.05, 0.1) is 22.4 Å². The van der Waals surface area contributed by atoms with Gasteiger partial charge in [0.1, 0.15) is 0 Å². The van der Waals surface area contributed by atoms with E-state index in [9.17, 15) is 0 Å². The van der Waals surface area contributed by atoms with E-state index in [0.29, 0.717) is 0 Å². The molecule has 10 aromatic rings. The molecule has 2 nitrogen and oxygen atoms in total. The molecule has 8 aromatic carbocycles. The van der Waals surface area contributed by atoms with Crippen LogP contribution in [0.1, 0.15) is 0 Å². The predicted octanol–water partition coefficient (Wildman–Crippen LogP) is 13.4. The van der Waals surface area contributed by atoms with Crippen LogP contribution < -0.4 is 4.90 Å². The maximum absolute atomic E-state index is 2.48. The van der Waals surface area contributed by atoms with Crippen molar-refractivity contribution in [1.29, 1.82) is 0 Å². The van der Waals surface area contributed by atoms with Gasteiger partial charge in [-0.2, -0.15) is 0 Å². The van der Waals surface area contributed by atoms with Gasteiger partial charge in [0.15, 0.2) is 0 Å². The molecule has 0 N–H and O–H groups in total. The topological polar surface area (TPSA) is 8.17 Å². The Morgan fingerprint density at radius 1 is 0.449 bits per heavy atom. The van der Waals surface area contributed by atoms with Crippen molar-refractivity contribution in [2.75, 3.05) is 4.90 Å². The Bertz CT molecular complexity index is 2830. The van der Waals surface area contributed by atoms with Gasteiger partial charge in [-0.25, -0.2) is 0 Å². The molecule has 2 aromatic heterocycles. The zero-order valence-corrected chi connectivity index (χ0v) is 27.4. The molecule has 0 radical (unpaired) electrons. The summed E-state index contributed by atoms with van der Waals surface area (Å²) < 4.78 is 5.04. The zero-order valence-electron chi connectivity index (χ0n) is 26.6. The summed E-state index contributed by atoms with van der Waals surface area (Å²) in [6.45, 7) is 0. The second-order valence-corrected chi connectivity index (χ2v) is 13.6. The molecule has 0 aliphatic rings. The van der Waals surface area contributed by atoms with E-state index in [1.54, 1.807) is 0 Å². The predicted molar refractivity (Wildman–Crippen MR) is 211 cm³/mol. The summed E-state index contributed by atoms with van der Waals surface area (Å²) in [5, 5.41) is 7.65. The summed E-state index contributed by atoms with van der Waals surface area (Å²) in [7, 11) is 0. The first-order chi connectivity index (χ1) is 24.3. The number of nitrogens with zero attached hydrogens (tertiary/aromatic N) is 2. The smallest absolute Gasteiger partial charge is 0.0782 e. The van der Waals surface area contributed by atoms with Gasteiger partial charge in [0.25, 0.3) is 0 Å². The van der Waals surface area contributed by atoms with Crippen molar-refractivity contribution in [1.82, 2.24) is 4.57 Å². The summed E-state index contributed by atoms with van der Waals surface area (Å²) in [6.07, 6.45) is 0. The van der Waals surface area contributed by atoms with Crippen molar-refractivity contribution in [3.8, 4) is 16.8 Å². The van der Waals surface area contributed by atoms with E-state index >= 15 is 0 Å². The van der Waals surface area contributed by atoms with Crippen molar-refractivity contribution in [3.05, 3.63) is 182 Å². The lowest BCUT2D eigenvalue weighted by Gasteiger charge is -2.29. The van der Waals surface area contributed by atoms with Crippen LogP contribution in [0.5, 0.6) is 0 Å². The Kier molecular flexibility index (Phi) is 6.39. The van der Waals surface area contributed by atoms with Crippen molar-refractivity contribution >= 4 is 81.1 Å². The quantitative estimate of drug-likeness (QED) is 0.181. The fourth-order valence-electron chi connectivity index (χ4n) is 7.64. The molecule has 0 saturated heterocycles. The molecule has 0 aliphatic heterocycles. The molecule has 0 atom stereocenters. The molecule has 0 spiro atoms. The van der Waals surface area contributed by atoms with Gasteiger partial charge in [0.2, 0.25) is 0 Å². The average Bonchev–Trinajstić information content (AvgIpc) is 3.72. The first kappa shape index (κ1) is 27.9. The Morgan fingerprint density at radius 2 is 1.12 bits per heavy atom. The van der Waals surface area contributed by atoms with Crippen LogP contribution in [0.15, 0.2) is 182 Å². The van der Waals surface area contributed by atoms with Crippen molar-refractivity contribution < 1.29 is 0 Å². The van der Waals surface area contributed by atoms with Crippen LogP contribution in [0.25, 0.3) is 69.6 Å². The number of fused-ring (bicyclic) bond motifs is 8. The van der Waals surface area contributed by atoms with Crippen LogP contribution in [0.4, 0.5) is 17.1 Å². The molecule has 0 saturated carbocycles. The lowest BCUT2D eigenvalue weighted by molar-refractivity contribution is 1.17. The Morgan fingerprint density at radius 3 is 2.00 bits per heavy atom. The van der Waals surface area contributed by atoms with Gasteiger partial charge in [0, 0.05) is 47.9 Å². The Balaban J connectivity index is 1.34. The lowest BCUT2D eigenvalue weighted by atomic mass is 10.0. The highest BCUT2D eigenvalue weighted by Crippen LogP contribution is 2.48. The van der Waals surface area contributed by atoms with Crippen molar-refractivity contribution in [3.63, 3.8) is 0 Å². The van der Waals surface area contributed by atoms with Gasteiger partial charge in [-0.3, -0.25) is 0 Å². The minimum Gasteiger partial charge on any atom is -0.308 e. The van der Waals surface area contributed by atoms with E-state index in [1.165, 1.54) is 63.9 Å². The monoisotopic (exact) mass is 642 g/mol. The third-order valence-corrected chi connectivity index (χ3v) is 10.9. The zero-order chi connectivity index (χ0) is 32.3. The molecular weight excluding hydrogens is 613 g/mol. The Labute approximate surface area is 288 Å². The molecule has 3 heteroatoms. The van der Waals surface area contributed by atoms with Gasteiger partial charge >= 0.3 is 0 Å². The molecule has 0 bridgehead atoms. The first-order valence-corrected chi connectivity index (χ1v) is 17.5. The molecule has 0 aliphatic carbocycles. The van der Waals surface area contributed by atoms with E-state index in [-0.39, 0.29) is 0 Å². The van der Waals surface area contributed by atoms with E-state index in [1.807, 2.05) is 11.3 Å². The highest BCUT2D eigenvalue weighted by molar-refractivity contribution is 7.26. The highest BCUT2D eigenvalue weighted by atomic mass is 32.1. The minimum absolute atomic E-state index is 1.13. The molecule has 49 heavy (non-hydrogen) atoms. The number of hydrogen-bond donors (Lipinski definition) is 0. The van der Waals surface area contributed by atoms with Crippen molar-refractivity contribution in [2.45, 2.75) is 0 Å². The SMILES string of the molecule is c1ccc(-c2ccccc2N(c2ccc3sc4ccc5ccccc5c4c3c2)c2cccc3c4ccccc4n(-c4ccccc4)c23)cc1. The number of rotatable bonds is 5. The van der Waals surface area contributed by atoms with Gasteiger partial charge in [-0.1, -0.05) is 127 Å². The van der Waals surface area contributed by atoms with Gasteiger partial charge in [-0.15, -0.1) is 11.3 Å². The molecule has 0 fully saturated rings. The number of aromatic nitrogens is 1. The van der Waals surface area contributed by atoms with Gasteiger partial charge in [-0.05, 0) is 70.9 Å². The summed E-state index contributed by atoms with van der Waals surface area (Å²) in [4.78, 5) is 2.48. The molecule has 230 valence electrons. The molecule has 0 unspecified atom stereocenters. The summed E-state index contributed by atoms with van der Waals surface area (Å²) in [5.41, 5.74) is 9.27. The van der Waals surface area contributed by atoms with Crippen LogP contribution in [0.3, 0.4) is 0 Å². The molecular formula is C46H30N2S. The van der Waals surface area contributed by atoms with E-state index in [2.05, 4.69) is 191 Å². The molecule has 2 heterocycles. The van der Waals surface area contributed by atoms with Gasteiger partial charge < -0.3 is 9.47 Å². The second kappa shape index (κ2) is 11.2. The van der Waals surface area contributed by atoms with Crippen LogP contribution in [-0.2, 0) is 0 Å². The minimum atomic E-state index is 1.13. The summed E-state index contributed by atoms with van der Waals surface area (Å²) in [6, 6.07) is 66.2. The fraction of sp³-hybridized carbons (Fsp3) is 0. The number of thiophene rings is 1. The Hall–Kier alpha value is -6.16. The standard InChI is InChI=1S/C46H30N2S/c1-3-14-31(15-4-1)35-19-9-11-23-40(35)47(34-27-29-43-39(30-34)45-36-20-8-7-16-32(36)26-28-44(45)49-43)42-25-13-22-38-37-21-10-12-24-41(37)48(46(38)42)33-17-5-2-6-18-33/h1-30H. The third kappa shape index (κ3) is 4.40. The second-order valence-electron chi connectivity index (χ2n) is 12.5. The van der Waals surface area contributed by atoms with E-state index in [0.717, 1.165) is 22.7 Å². The van der Waals surface area contributed by atoms with Crippen LogP contribution in [0, 0.1) is 0 Å². The summed E-state index contributed by atoms with van der Waals surface area (Å²) >= 11 is 1.87. The fourth-order valence-corrected chi connectivity index (χ4v) is 8.74. The number of hydrogen-bond acceptors (Lipinski definition) is 2. The van der Waals surface area contributed by atoms with Crippen molar-refractivity contribution in [2.24, 2.45) is 0 Å². The van der Waals surface area contributed by atoms with E-state index in [4.69, 9.17) is 0 Å². The number of benzene rings is 8.